The molecule has 0 unspecified atom stereocenters. The Bertz CT molecular complexity index is 3290. The Labute approximate surface area is 578 Å². The van der Waals surface area contributed by atoms with Gasteiger partial charge in [-0.1, -0.05) is 95.0 Å². The molecule has 1 spiro atoms. The molecule has 0 bridgehead atoms. The fourth-order valence-corrected chi connectivity index (χ4v) is 14.3. The summed E-state index contributed by atoms with van der Waals surface area (Å²) in [6, 6.07) is -0.841. The molecule has 540 valence electrons. The van der Waals surface area contributed by atoms with Crippen molar-refractivity contribution >= 4 is 82.5 Å². The summed E-state index contributed by atoms with van der Waals surface area (Å²) in [5.41, 5.74) is -1.75. The van der Waals surface area contributed by atoms with Gasteiger partial charge in [0.25, 0.3) is 0 Å². The summed E-state index contributed by atoms with van der Waals surface area (Å²) in [6.07, 6.45) is -1.22. The molecule has 11 atom stereocenters. The van der Waals surface area contributed by atoms with Gasteiger partial charge in [0.05, 0.1) is 17.0 Å². The van der Waals surface area contributed by atoms with Gasteiger partial charge in [-0.3, -0.25) is 57.5 Å². The number of alkyl halides is 3. The quantitative estimate of drug-likeness (QED) is 0.309. The van der Waals surface area contributed by atoms with E-state index in [0.717, 1.165) is 28.4 Å². The highest BCUT2D eigenvalue weighted by atomic mass is 35.5. The number of hydrogen-bond acceptors (Lipinski definition) is 12. The monoisotopic (exact) mass is 1390 g/mol. The zero-order valence-corrected chi connectivity index (χ0v) is 59.7. The third-order valence-electron chi connectivity index (χ3n) is 21.2. The zero-order chi connectivity index (χ0) is 72.6. The van der Waals surface area contributed by atoms with Crippen LogP contribution in [-0.2, 0) is 76.6 Å². The van der Waals surface area contributed by atoms with Crippen LogP contribution in [0.2, 0.25) is 5.02 Å². The number of nitrogens with zero attached hydrogens (tertiary/aromatic N) is 9. The fourth-order valence-electron chi connectivity index (χ4n) is 14.0. The maximum atomic E-state index is 15.4. The molecule has 7 rings (SSSR count). The minimum absolute atomic E-state index is 0.0140. The zero-order valence-electron chi connectivity index (χ0n) is 58.9. The van der Waals surface area contributed by atoms with E-state index < -0.39 is 172 Å². The number of carbonyl (C=O) groups is 12. The first-order valence-corrected chi connectivity index (χ1v) is 34.8. The number of carbonyl (C=O) groups excluding carboxylic acids is 12. The maximum absolute atomic E-state index is 15.4. The Kier molecular flexibility index (Phi) is 26.0. The number of likely N-dealkylation sites (tertiary alicyclic amines) is 1. The van der Waals surface area contributed by atoms with Crippen LogP contribution in [0.5, 0.6) is 0 Å². The molecule has 4 heterocycles. The van der Waals surface area contributed by atoms with Gasteiger partial charge in [0, 0.05) is 74.9 Å². The van der Waals surface area contributed by atoms with Crippen molar-refractivity contribution in [1.29, 1.82) is 0 Å². The highest BCUT2D eigenvalue weighted by Gasteiger charge is 2.51. The number of benzene rings is 2. The van der Waals surface area contributed by atoms with Crippen molar-refractivity contribution in [3.8, 4) is 0 Å². The molecule has 0 aromatic heterocycles. The maximum Gasteiger partial charge on any atom is 0.417 e. The van der Waals surface area contributed by atoms with Crippen molar-refractivity contribution in [1.82, 2.24) is 60.0 Å². The van der Waals surface area contributed by atoms with Crippen LogP contribution in [-0.4, -0.2) is 249 Å². The highest BCUT2D eigenvalue weighted by molar-refractivity contribution is 6.31. The number of likely N-dealkylation sites (N-methyl/N-ethyl adjacent to an activating group) is 6. The number of fused-ring (bicyclic) bond motifs is 2. The second-order valence-corrected chi connectivity index (χ2v) is 28.2. The van der Waals surface area contributed by atoms with Crippen molar-refractivity contribution in [3.05, 3.63) is 70.2 Å². The van der Waals surface area contributed by atoms with E-state index in [9.17, 15) is 46.7 Å². The number of nitrogens with one attached hydrogen (secondary N) is 3. The first-order valence-electron chi connectivity index (χ1n) is 34.4. The summed E-state index contributed by atoms with van der Waals surface area (Å²) in [5.74, 6) is -9.20. The number of piperidine rings is 1. The van der Waals surface area contributed by atoms with Gasteiger partial charge >= 0.3 is 6.18 Å². The smallest absolute Gasteiger partial charge is 0.343 e. The van der Waals surface area contributed by atoms with E-state index in [1.165, 1.54) is 98.5 Å². The van der Waals surface area contributed by atoms with E-state index in [2.05, 4.69) is 16.0 Å². The molecule has 3 N–H and O–H groups in total. The van der Waals surface area contributed by atoms with Crippen molar-refractivity contribution in [2.45, 2.75) is 217 Å². The Hall–Kier alpha value is -7.84. The van der Waals surface area contributed by atoms with Gasteiger partial charge in [0.1, 0.15) is 66.0 Å². The lowest BCUT2D eigenvalue weighted by Gasteiger charge is -2.45. The van der Waals surface area contributed by atoms with Gasteiger partial charge in [-0.2, -0.15) is 13.2 Å². The molecule has 0 radical (unpaired) electrons. The van der Waals surface area contributed by atoms with E-state index in [1.54, 1.807) is 56.0 Å². The first-order chi connectivity index (χ1) is 46.1. The minimum atomic E-state index is -4.77. The van der Waals surface area contributed by atoms with Crippen molar-refractivity contribution in [2.24, 2.45) is 11.8 Å². The van der Waals surface area contributed by atoms with Crippen LogP contribution >= 0.6 is 11.6 Å². The van der Waals surface area contributed by atoms with E-state index >= 15 is 24.0 Å². The van der Waals surface area contributed by atoms with E-state index in [-0.39, 0.29) is 63.6 Å². The summed E-state index contributed by atoms with van der Waals surface area (Å²) >= 11 is 6.15. The lowest BCUT2D eigenvalue weighted by molar-refractivity contribution is -0.160. The van der Waals surface area contributed by atoms with Gasteiger partial charge in [-0.05, 0) is 120 Å². The molecule has 4 saturated heterocycles. The summed E-state index contributed by atoms with van der Waals surface area (Å²) in [4.78, 5) is 190. The predicted molar refractivity (Wildman–Crippen MR) is 359 cm³/mol. The summed E-state index contributed by atoms with van der Waals surface area (Å²) in [6.45, 7) is 12.2. The summed E-state index contributed by atoms with van der Waals surface area (Å²) in [7, 11) is 8.36. The number of amides is 12. The van der Waals surface area contributed by atoms with Gasteiger partial charge in [-0.25, -0.2) is 0 Å². The predicted octanol–water partition coefficient (Wildman–Crippen LogP) is 4.66. The van der Waals surface area contributed by atoms with Gasteiger partial charge in [-0.15, -0.1) is 0 Å². The van der Waals surface area contributed by atoms with Crippen LogP contribution in [0.1, 0.15) is 149 Å². The summed E-state index contributed by atoms with van der Waals surface area (Å²) < 4.78 is 41.6. The molecule has 12 amide bonds. The Morgan fingerprint density at radius 1 is 0.602 bits per heavy atom. The molecule has 2 aromatic carbocycles. The van der Waals surface area contributed by atoms with E-state index in [0.29, 0.717) is 57.2 Å². The summed E-state index contributed by atoms with van der Waals surface area (Å²) in [5, 5.41) is 8.02. The van der Waals surface area contributed by atoms with Gasteiger partial charge in [0.2, 0.25) is 70.9 Å². The van der Waals surface area contributed by atoms with Crippen LogP contribution in [0.4, 0.5) is 13.2 Å². The van der Waals surface area contributed by atoms with Gasteiger partial charge < -0.3 is 60.0 Å². The highest BCUT2D eigenvalue weighted by Crippen LogP contribution is 2.37. The third kappa shape index (κ3) is 17.2. The molecule has 1 saturated carbocycles. The molecular weight excluding hydrogens is 1290 g/mol. The average molecular weight is 1390 g/mol. The van der Waals surface area contributed by atoms with Crippen molar-refractivity contribution in [2.75, 3.05) is 68.5 Å². The standard InChI is InChI=1S/C70H100ClF3N12O12/c1-14-42(4)56-66(96)80(10)45(7)61(91)86-37-31-52(86)63(93)81(11)53(39-46-24-17-15-18-25-46)64(94)79(9)44(6)58(88)75-50(30-28-47-27-29-48(49(71)38-47)70(72,73)74)62(92)85-36-23-26-51(85)60(90)77-69(32-19-20-33-69)68(98)83(13)57(41(2)3)67(97)82(12)54(65(95)84-34-21-16-22-35-84)40-55(87)78(8)43(5)59(89)76-56/h15,17-18,24-25,27,29,38,41-45,50-54,56-57H,14,16,19-23,26,28,30-37,39-40H2,1-13H3,(H,75,88)(H,76,89)(H,77,90)/t42-,43-,44+,45-,50-,51-,52-,53-,54-,56-,57-/m0/s1. The largest absolute Gasteiger partial charge is 0.417 e. The lowest BCUT2D eigenvalue weighted by Crippen LogP contribution is -2.65. The topological polar surface area (TPSA) is 270 Å². The van der Waals surface area contributed by atoms with Crippen LogP contribution < -0.4 is 16.0 Å². The minimum Gasteiger partial charge on any atom is -0.343 e. The molecule has 2 aromatic rings. The Morgan fingerprint density at radius 3 is 1.79 bits per heavy atom. The molecule has 1 aliphatic carbocycles. The molecule has 5 fully saturated rings. The normalized spacial score (nSPS) is 27.7. The van der Waals surface area contributed by atoms with E-state index in [4.69, 9.17) is 11.6 Å². The van der Waals surface area contributed by atoms with Crippen LogP contribution in [0.15, 0.2) is 48.5 Å². The average Bonchev–Trinajstić information content (AvgIpc) is 1.41. The van der Waals surface area contributed by atoms with E-state index in [1.807, 2.05) is 6.92 Å². The van der Waals surface area contributed by atoms with Crippen LogP contribution in [0.25, 0.3) is 0 Å². The number of halogens is 4. The third-order valence-corrected chi connectivity index (χ3v) is 21.5. The van der Waals surface area contributed by atoms with Crippen molar-refractivity contribution in [3.63, 3.8) is 0 Å². The van der Waals surface area contributed by atoms with Crippen LogP contribution in [0.3, 0.4) is 0 Å². The first kappa shape index (κ1) is 77.5. The second kappa shape index (κ2) is 32.9. The molecule has 5 aliphatic rings. The number of aryl methyl sites for hydroxylation is 1. The second-order valence-electron chi connectivity index (χ2n) is 27.8. The SMILES string of the molecule is CC[C@H](C)[C@@H]1NC(=O)[C@H](C)N(C)C(=O)C[C@@H](C(=O)N2CCCCC2)N(C)C(=O)[C@H](C(C)C)N(C)C(=O)C2(CCCC2)NC(=O)[C@@H]2CCCN2C(=O)[C@H](CCc2ccc(C(F)(F)F)c(Cl)c2)NC(=O)[C@@H](C)N(C)C(=O)[C@H](Cc2ccccc2)N(C)C(=O)[C@@H]2CCN2C(=O)[C@H](C)N(C)C1=O. The molecule has 24 nitrogen and oxygen atoms in total. The number of rotatable bonds is 9. The van der Waals surface area contributed by atoms with Crippen molar-refractivity contribution < 1.29 is 70.7 Å². The number of hydrogen-bond donors (Lipinski definition) is 3. The molecular formula is C70H100ClF3N12O12. The molecule has 28 heteroatoms. The Balaban J connectivity index is 1.28. The van der Waals surface area contributed by atoms with Gasteiger partial charge in [0.15, 0.2) is 0 Å². The molecule has 4 aliphatic heterocycles. The Morgan fingerprint density at radius 2 is 1.20 bits per heavy atom. The lowest BCUT2D eigenvalue weighted by atomic mass is 9.91. The molecule has 98 heavy (non-hydrogen) atoms. The fraction of sp³-hybridized carbons (Fsp3) is 0.657. The van der Waals surface area contributed by atoms with Crippen LogP contribution in [0, 0.1) is 11.8 Å².